The molecule has 2 atom stereocenters. The smallest absolute Gasteiger partial charge is 0.0361 e. The van der Waals surface area contributed by atoms with E-state index < -0.39 is 0 Å². The summed E-state index contributed by atoms with van der Waals surface area (Å²) >= 11 is 0. The number of hydrogen-bond donors (Lipinski definition) is 1. The van der Waals surface area contributed by atoms with Crippen LogP contribution >= 0.6 is 0 Å². The molecule has 0 saturated carbocycles. The van der Waals surface area contributed by atoms with Crippen LogP contribution in [0.3, 0.4) is 0 Å². The molecular formula is C15H31N3. The lowest BCUT2D eigenvalue weighted by molar-refractivity contribution is -0.00224. The molecule has 0 spiro atoms. The van der Waals surface area contributed by atoms with Crippen LogP contribution < -0.4 is 5.73 Å². The Morgan fingerprint density at radius 2 is 1.83 bits per heavy atom. The van der Waals surface area contributed by atoms with Gasteiger partial charge in [0.15, 0.2) is 0 Å². The molecule has 3 heteroatoms. The van der Waals surface area contributed by atoms with E-state index in [1.807, 2.05) is 0 Å². The number of likely N-dealkylation sites (N-methyl/N-ethyl adjacent to an activating group) is 1. The maximum atomic E-state index is 6.23. The first-order valence-electron chi connectivity index (χ1n) is 7.69. The van der Waals surface area contributed by atoms with Crippen LogP contribution in [-0.4, -0.2) is 54.1 Å². The van der Waals surface area contributed by atoms with Gasteiger partial charge >= 0.3 is 0 Å². The second-order valence-electron chi connectivity index (χ2n) is 6.82. The molecule has 2 fully saturated rings. The third kappa shape index (κ3) is 2.45. The van der Waals surface area contributed by atoms with Crippen LogP contribution in [0, 0.1) is 5.92 Å². The largest absolute Gasteiger partial charge is 0.329 e. The first-order valence-corrected chi connectivity index (χ1v) is 7.69. The van der Waals surface area contributed by atoms with Crippen LogP contribution in [0.1, 0.15) is 46.5 Å². The highest BCUT2D eigenvalue weighted by Crippen LogP contribution is 2.42. The van der Waals surface area contributed by atoms with Gasteiger partial charge in [0.05, 0.1) is 0 Å². The molecule has 2 unspecified atom stereocenters. The average molecular weight is 253 g/mol. The summed E-state index contributed by atoms with van der Waals surface area (Å²) in [5, 5.41) is 0. The van der Waals surface area contributed by atoms with Crippen LogP contribution in [0.5, 0.6) is 0 Å². The molecule has 2 saturated heterocycles. The lowest BCUT2D eigenvalue weighted by Crippen LogP contribution is -2.62. The first kappa shape index (κ1) is 14.3. The van der Waals surface area contributed by atoms with E-state index in [9.17, 15) is 0 Å². The van der Waals surface area contributed by atoms with Crippen molar-refractivity contribution in [3.05, 3.63) is 0 Å². The minimum absolute atomic E-state index is 0.275. The molecule has 2 rings (SSSR count). The van der Waals surface area contributed by atoms with Crippen molar-refractivity contribution in [1.82, 2.24) is 9.80 Å². The molecular weight excluding hydrogens is 222 g/mol. The van der Waals surface area contributed by atoms with Gasteiger partial charge in [-0.1, -0.05) is 20.8 Å². The van der Waals surface area contributed by atoms with Crippen molar-refractivity contribution in [3.63, 3.8) is 0 Å². The Kier molecular flexibility index (Phi) is 4.35. The van der Waals surface area contributed by atoms with Gasteiger partial charge in [-0.25, -0.2) is 0 Å². The minimum atomic E-state index is 0.275. The van der Waals surface area contributed by atoms with Gasteiger partial charge in [0.25, 0.3) is 0 Å². The topological polar surface area (TPSA) is 32.5 Å². The van der Waals surface area contributed by atoms with Crippen LogP contribution in [0.4, 0.5) is 0 Å². The third-order valence-electron chi connectivity index (χ3n) is 5.23. The Balaban J connectivity index is 2.15. The summed E-state index contributed by atoms with van der Waals surface area (Å²) in [6.45, 7) is 10.1. The fourth-order valence-electron chi connectivity index (χ4n) is 4.20. The molecule has 0 radical (unpaired) electrons. The van der Waals surface area contributed by atoms with Gasteiger partial charge < -0.3 is 10.6 Å². The lowest BCUT2D eigenvalue weighted by atomic mass is 9.81. The molecule has 3 nitrogen and oxygen atoms in total. The highest BCUT2D eigenvalue weighted by molar-refractivity contribution is 5.06. The van der Waals surface area contributed by atoms with Gasteiger partial charge in [0.2, 0.25) is 0 Å². The van der Waals surface area contributed by atoms with Crippen molar-refractivity contribution >= 4 is 0 Å². The molecule has 0 aromatic heterocycles. The van der Waals surface area contributed by atoms with Crippen molar-refractivity contribution < 1.29 is 0 Å². The SMILES string of the molecule is CCN(CC(C)C)C1(CN)CC2CCC(C1)N2C. The zero-order chi connectivity index (χ0) is 13.3. The van der Waals surface area contributed by atoms with E-state index in [0.717, 1.165) is 31.1 Å². The van der Waals surface area contributed by atoms with Crippen molar-refractivity contribution in [3.8, 4) is 0 Å². The summed E-state index contributed by atoms with van der Waals surface area (Å²) in [6, 6.07) is 1.54. The summed E-state index contributed by atoms with van der Waals surface area (Å²) < 4.78 is 0. The Bertz CT molecular complexity index is 263. The zero-order valence-corrected chi connectivity index (χ0v) is 12.7. The number of fused-ring (bicyclic) bond motifs is 2. The molecule has 2 aliphatic heterocycles. The van der Waals surface area contributed by atoms with Crippen LogP contribution in [-0.2, 0) is 0 Å². The number of hydrogen-bond acceptors (Lipinski definition) is 3. The van der Waals surface area contributed by atoms with Gasteiger partial charge in [-0.05, 0) is 45.2 Å². The van der Waals surface area contributed by atoms with Gasteiger partial charge in [-0.2, -0.15) is 0 Å². The average Bonchev–Trinajstić information content (AvgIpc) is 2.58. The molecule has 106 valence electrons. The molecule has 0 aromatic carbocycles. The van der Waals surface area contributed by atoms with Gasteiger partial charge in [-0.15, -0.1) is 0 Å². The molecule has 2 N–H and O–H groups in total. The summed E-state index contributed by atoms with van der Waals surface area (Å²) in [5.41, 5.74) is 6.50. The van der Waals surface area contributed by atoms with Crippen molar-refractivity contribution in [2.24, 2.45) is 11.7 Å². The standard InChI is InChI=1S/C15H31N3/c1-5-18(10-12(2)3)15(11-16)8-13-6-7-14(9-15)17(13)4/h12-14H,5-11,16H2,1-4H3. The first-order chi connectivity index (χ1) is 8.52. The van der Waals surface area contributed by atoms with Gasteiger partial charge in [0, 0.05) is 30.7 Å². The van der Waals surface area contributed by atoms with Crippen LogP contribution in [0.15, 0.2) is 0 Å². The van der Waals surface area contributed by atoms with Crippen molar-refractivity contribution in [2.45, 2.75) is 64.1 Å². The molecule has 2 heterocycles. The Labute approximate surface area is 113 Å². The third-order valence-corrected chi connectivity index (χ3v) is 5.23. The van der Waals surface area contributed by atoms with E-state index in [1.165, 1.54) is 32.2 Å². The number of nitrogens with two attached hydrogens (primary N) is 1. The normalized spacial score (nSPS) is 36.8. The highest BCUT2D eigenvalue weighted by Gasteiger charge is 2.48. The molecule has 2 aliphatic rings. The Morgan fingerprint density at radius 1 is 1.28 bits per heavy atom. The van der Waals surface area contributed by atoms with Crippen LogP contribution in [0.2, 0.25) is 0 Å². The molecule has 18 heavy (non-hydrogen) atoms. The number of piperidine rings is 1. The van der Waals surface area contributed by atoms with Crippen molar-refractivity contribution in [2.75, 3.05) is 26.7 Å². The van der Waals surface area contributed by atoms with E-state index in [4.69, 9.17) is 5.73 Å². The second kappa shape index (κ2) is 5.48. The zero-order valence-electron chi connectivity index (χ0n) is 12.7. The maximum absolute atomic E-state index is 6.23. The molecule has 0 amide bonds. The predicted octanol–water partition coefficient (Wildman–Crippen LogP) is 1.92. The fourth-order valence-corrected chi connectivity index (χ4v) is 4.20. The molecule has 2 bridgehead atoms. The van der Waals surface area contributed by atoms with E-state index >= 15 is 0 Å². The Morgan fingerprint density at radius 3 is 2.22 bits per heavy atom. The Hall–Kier alpha value is -0.120. The van der Waals surface area contributed by atoms with Gasteiger partial charge in [-0.3, -0.25) is 4.90 Å². The summed E-state index contributed by atoms with van der Waals surface area (Å²) in [6.07, 6.45) is 5.30. The highest BCUT2D eigenvalue weighted by atomic mass is 15.3. The molecule has 0 aromatic rings. The van der Waals surface area contributed by atoms with E-state index in [2.05, 4.69) is 37.6 Å². The monoisotopic (exact) mass is 253 g/mol. The fraction of sp³-hybridized carbons (Fsp3) is 1.00. The summed E-state index contributed by atoms with van der Waals surface area (Å²) in [7, 11) is 2.31. The van der Waals surface area contributed by atoms with E-state index in [-0.39, 0.29) is 5.54 Å². The lowest BCUT2D eigenvalue weighted by Gasteiger charge is -2.51. The summed E-state index contributed by atoms with van der Waals surface area (Å²) in [4.78, 5) is 5.28. The summed E-state index contributed by atoms with van der Waals surface area (Å²) in [5.74, 6) is 0.727. The molecule has 0 aliphatic carbocycles. The maximum Gasteiger partial charge on any atom is 0.0361 e. The number of rotatable bonds is 5. The number of nitrogens with zero attached hydrogens (tertiary/aromatic N) is 2. The second-order valence-corrected chi connectivity index (χ2v) is 6.82. The van der Waals surface area contributed by atoms with Crippen LogP contribution in [0.25, 0.3) is 0 Å². The van der Waals surface area contributed by atoms with Crippen molar-refractivity contribution in [1.29, 1.82) is 0 Å². The minimum Gasteiger partial charge on any atom is -0.329 e. The van der Waals surface area contributed by atoms with Gasteiger partial charge in [0.1, 0.15) is 0 Å². The van der Waals surface area contributed by atoms with E-state index in [1.54, 1.807) is 0 Å². The van der Waals surface area contributed by atoms with E-state index in [0.29, 0.717) is 0 Å². The quantitative estimate of drug-likeness (QED) is 0.812. The predicted molar refractivity (Wildman–Crippen MR) is 77.7 cm³/mol.